The van der Waals surface area contributed by atoms with Crippen LogP contribution in [-0.4, -0.2) is 9.97 Å². The second-order valence-corrected chi connectivity index (χ2v) is 4.89. The maximum absolute atomic E-state index is 5.76. The first-order chi connectivity index (χ1) is 11.3. The molecule has 118 valence electrons. The van der Waals surface area contributed by atoms with Gasteiger partial charge in [-0.25, -0.2) is 0 Å². The zero-order valence-electron chi connectivity index (χ0n) is 14.0. The van der Waals surface area contributed by atoms with Gasteiger partial charge in [-0.15, -0.1) is 0 Å². The highest BCUT2D eigenvalue weighted by Gasteiger charge is 2.12. The number of anilines is 1. The van der Waals surface area contributed by atoms with Crippen molar-refractivity contribution in [1.82, 2.24) is 9.97 Å². The van der Waals surface area contributed by atoms with Crippen LogP contribution in [0.5, 0.6) is 0 Å². The maximum Gasteiger partial charge on any atom is 0.0967 e. The number of nitrogen functional groups attached to an aromatic ring is 1. The van der Waals surface area contributed by atoms with Crippen molar-refractivity contribution >= 4 is 5.69 Å². The molecule has 3 rings (SSSR count). The van der Waals surface area contributed by atoms with E-state index in [4.69, 9.17) is 5.73 Å². The fourth-order valence-electron chi connectivity index (χ4n) is 2.45. The molecule has 0 unspecified atom stereocenters. The van der Waals surface area contributed by atoms with E-state index in [1.165, 1.54) is 5.56 Å². The Labute approximate surface area is 138 Å². The smallest absolute Gasteiger partial charge is 0.0967 e. The minimum absolute atomic E-state index is 0.748. The quantitative estimate of drug-likeness (QED) is 0.694. The number of rotatable bonds is 3. The van der Waals surface area contributed by atoms with Crippen LogP contribution in [0.2, 0.25) is 0 Å². The number of hydrogen-bond acceptors (Lipinski definition) is 3. The van der Waals surface area contributed by atoms with Gasteiger partial charge in [0.05, 0.1) is 11.4 Å². The fourth-order valence-corrected chi connectivity index (χ4v) is 2.45. The highest BCUT2D eigenvalue weighted by Crippen LogP contribution is 2.30. The van der Waals surface area contributed by atoms with Gasteiger partial charge in [0, 0.05) is 29.2 Å². The highest BCUT2D eigenvalue weighted by atomic mass is 14.8. The summed E-state index contributed by atoms with van der Waals surface area (Å²) in [4.78, 5) is 9.09. The zero-order valence-corrected chi connectivity index (χ0v) is 14.0. The van der Waals surface area contributed by atoms with Gasteiger partial charge in [0.2, 0.25) is 0 Å². The molecular formula is C20H23N3. The van der Waals surface area contributed by atoms with Gasteiger partial charge < -0.3 is 5.73 Å². The number of aromatic nitrogens is 2. The van der Waals surface area contributed by atoms with Crippen molar-refractivity contribution in [3.05, 3.63) is 66.5 Å². The summed E-state index contributed by atoms with van der Waals surface area (Å²) in [6, 6.07) is 16.1. The molecular weight excluding hydrogens is 282 g/mol. The first kappa shape index (κ1) is 16.7. The van der Waals surface area contributed by atoms with Gasteiger partial charge in [-0.2, -0.15) is 0 Å². The van der Waals surface area contributed by atoms with Gasteiger partial charge >= 0.3 is 0 Å². The lowest BCUT2D eigenvalue weighted by molar-refractivity contribution is 1.13. The summed E-state index contributed by atoms with van der Waals surface area (Å²) in [6.07, 6.45) is 4.43. The minimum atomic E-state index is 0.748. The summed E-state index contributed by atoms with van der Waals surface area (Å²) in [5.41, 5.74) is 11.8. The fraction of sp³-hybridized carbons (Fsp3) is 0.200. The number of hydrogen-bond donors (Lipinski definition) is 1. The van der Waals surface area contributed by atoms with Crippen LogP contribution in [0.1, 0.15) is 26.3 Å². The Morgan fingerprint density at radius 3 is 2.09 bits per heavy atom. The van der Waals surface area contributed by atoms with Crippen molar-refractivity contribution < 1.29 is 0 Å². The molecule has 0 radical (unpaired) electrons. The third kappa shape index (κ3) is 3.75. The van der Waals surface area contributed by atoms with Crippen molar-refractivity contribution in [2.24, 2.45) is 0 Å². The van der Waals surface area contributed by atoms with Crippen LogP contribution in [0, 0.1) is 0 Å². The van der Waals surface area contributed by atoms with Crippen LogP contribution < -0.4 is 5.73 Å². The highest BCUT2D eigenvalue weighted by molar-refractivity contribution is 5.79. The van der Waals surface area contributed by atoms with E-state index in [1.54, 1.807) is 12.4 Å². The van der Waals surface area contributed by atoms with Gasteiger partial charge in [-0.05, 0) is 24.1 Å². The van der Waals surface area contributed by atoms with Crippen molar-refractivity contribution in [3.8, 4) is 22.5 Å². The normalized spacial score (nSPS) is 9.87. The molecule has 1 aromatic heterocycles. The summed E-state index contributed by atoms with van der Waals surface area (Å²) in [6.45, 7) is 6.15. The second-order valence-electron chi connectivity index (χ2n) is 4.89. The maximum atomic E-state index is 5.76. The van der Waals surface area contributed by atoms with E-state index in [0.29, 0.717) is 0 Å². The lowest BCUT2D eigenvalue weighted by Crippen LogP contribution is -1.96. The molecule has 3 nitrogen and oxygen atoms in total. The molecule has 0 aliphatic carbocycles. The Morgan fingerprint density at radius 1 is 0.826 bits per heavy atom. The molecule has 0 atom stereocenters. The molecule has 3 heteroatoms. The standard InChI is InChI=1S/C18H17N3.C2H6/c1-2-13-5-3-4-6-16(13)18-17(20-11-12-21-18)14-7-9-15(19)10-8-14;1-2/h3-12H,2,19H2,1H3;1-2H3. The molecule has 0 bridgehead atoms. The van der Waals surface area contributed by atoms with Gasteiger partial charge in [-0.1, -0.05) is 57.2 Å². The average molecular weight is 305 g/mol. The first-order valence-corrected chi connectivity index (χ1v) is 8.04. The van der Waals surface area contributed by atoms with Crippen LogP contribution in [0.15, 0.2) is 60.9 Å². The van der Waals surface area contributed by atoms with Crippen LogP contribution in [0.4, 0.5) is 5.69 Å². The van der Waals surface area contributed by atoms with Crippen LogP contribution in [-0.2, 0) is 6.42 Å². The average Bonchev–Trinajstić information content (AvgIpc) is 2.64. The summed E-state index contributed by atoms with van der Waals surface area (Å²) in [5.74, 6) is 0. The van der Waals surface area contributed by atoms with E-state index in [9.17, 15) is 0 Å². The van der Waals surface area contributed by atoms with Crippen molar-refractivity contribution in [3.63, 3.8) is 0 Å². The van der Waals surface area contributed by atoms with Gasteiger partial charge in [0.15, 0.2) is 0 Å². The Morgan fingerprint density at radius 2 is 1.43 bits per heavy atom. The number of aryl methyl sites for hydroxylation is 1. The van der Waals surface area contributed by atoms with E-state index >= 15 is 0 Å². The molecule has 0 aliphatic rings. The van der Waals surface area contributed by atoms with Crippen LogP contribution in [0.25, 0.3) is 22.5 Å². The van der Waals surface area contributed by atoms with Crippen LogP contribution >= 0.6 is 0 Å². The SMILES string of the molecule is CC.CCc1ccccc1-c1nccnc1-c1ccc(N)cc1. The zero-order chi connectivity index (χ0) is 16.7. The lowest BCUT2D eigenvalue weighted by atomic mass is 9.98. The van der Waals surface area contributed by atoms with E-state index < -0.39 is 0 Å². The molecule has 0 amide bonds. The molecule has 1 heterocycles. The van der Waals surface area contributed by atoms with Gasteiger partial charge in [0.1, 0.15) is 0 Å². The Hall–Kier alpha value is -2.68. The predicted molar refractivity (Wildman–Crippen MR) is 98.0 cm³/mol. The number of nitrogens with zero attached hydrogens (tertiary/aromatic N) is 2. The van der Waals surface area contributed by atoms with E-state index in [1.807, 2.05) is 44.2 Å². The predicted octanol–water partition coefficient (Wildman–Crippen LogP) is 4.98. The topological polar surface area (TPSA) is 51.8 Å². The Balaban J connectivity index is 0.000000924. The molecule has 0 aliphatic heterocycles. The Kier molecular flexibility index (Phi) is 5.87. The third-order valence-corrected chi connectivity index (χ3v) is 3.54. The summed E-state index contributed by atoms with van der Waals surface area (Å²) >= 11 is 0. The molecule has 2 N–H and O–H groups in total. The summed E-state index contributed by atoms with van der Waals surface area (Å²) < 4.78 is 0. The largest absolute Gasteiger partial charge is 0.399 e. The molecule has 0 spiro atoms. The first-order valence-electron chi connectivity index (χ1n) is 8.04. The van der Waals surface area contributed by atoms with E-state index in [-0.39, 0.29) is 0 Å². The monoisotopic (exact) mass is 305 g/mol. The molecule has 23 heavy (non-hydrogen) atoms. The third-order valence-electron chi connectivity index (χ3n) is 3.54. The molecule has 0 saturated carbocycles. The number of nitrogens with two attached hydrogens (primary N) is 1. The van der Waals surface area contributed by atoms with E-state index in [2.05, 4.69) is 35.1 Å². The van der Waals surface area contributed by atoms with Crippen molar-refractivity contribution in [2.75, 3.05) is 5.73 Å². The number of benzene rings is 2. The molecule has 0 saturated heterocycles. The van der Waals surface area contributed by atoms with E-state index in [0.717, 1.165) is 34.6 Å². The van der Waals surface area contributed by atoms with Crippen molar-refractivity contribution in [1.29, 1.82) is 0 Å². The van der Waals surface area contributed by atoms with Crippen LogP contribution in [0.3, 0.4) is 0 Å². The summed E-state index contributed by atoms with van der Waals surface area (Å²) in [7, 11) is 0. The lowest BCUT2D eigenvalue weighted by Gasteiger charge is -2.11. The van der Waals surface area contributed by atoms with Crippen molar-refractivity contribution in [2.45, 2.75) is 27.2 Å². The minimum Gasteiger partial charge on any atom is -0.399 e. The molecule has 3 aromatic rings. The second kappa shape index (κ2) is 8.08. The molecule has 2 aromatic carbocycles. The molecule has 0 fully saturated rings. The van der Waals surface area contributed by atoms with Gasteiger partial charge in [-0.3, -0.25) is 9.97 Å². The Bertz CT molecular complexity index is 749. The van der Waals surface area contributed by atoms with Gasteiger partial charge in [0.25, 0.3) is 0 Å². The summed E-state index contributed by atoms with van der Waals surface area (Å²) in [5, 5.41) is 0.